The van der Waals surface area contributed by atoms with Crippen molar-refractivity contribution in [3.05, 3.63) is 23.8 Å². The van der Waals surface area contributed by atoms with E-state index in [1.54, 1.807) is 18.2 Å². The molecule has 0 aromatic heterocycles. The topological polar surface area (TPSA) is 67.8 Å². The second-order valence-corrected chi connectivity index (χ2v) is 4.30. The summed E-state index contributed by atoms with van der Waals surface area (Å²) in [4.78, 5) is 12.1. The van der Waals surface area contributed by atoms with Crippen LogP contribution in [0.1, 0.15) is 23.7 Å². The number of para-hydroxylation sites is 1. The number of phenolic OH excluding ortho intramolecular Hbond substituents is 1. The molecule has 2 rings (SSSR count). The maximum absolute atomic E-state index is 12.1. The van der Waals surface area contributed by atoms with Crippen LogP contribution in [-0.2, 0) is 4.74 Å². The van der Waals surface area contributed by atoms with Crippen molar-refractivity contribution < 1.29 is 19.4 Å². The SMILES string of the molecule is COc1cccc(C(=O)NC2CCOC2C)c1O. The molecule has 1 fully saturated rings. The zero-order valence-electron chi connectivity index (χ0n) is 10.5. The van der Waals surface area contributed by atoms with Crippen LogP contribution < -0.4 is 10.1 Å². The highest BCUT2D eigenvalue weighted by Gasteiger charge is 2.27. The molecule has 2 unspecified atom stereocenters. The van der Waals surface area contributed by atoms with Crippen LogP contribution in [-0.4, -0.2) is 36.9 Å². The Morgan fingerprint density at radius 2 is 2.33 bits per heavy atom. The van der Waals surface area contributed by atoms with Crippen LogP contribution in [0, 0.1) is 0 Å². The lowest BCUT2D eigenvalue weighted by molar-refractivity contribution is 0.0863. The van der Waals surface area contributed by atoms with E-state index in [9.17, 15) is 9.90 Å². The first-order valence-electron chi connectivity index (χ1n) is 5.92. The van der Waals surface area contributed by atoms with E-state index in [2.05, 4.69) is 5.32 Å². The van der Waals surface area contributed by atoms with Gasteiger partial charge in [-0.2, -0.15) is 0 Å². The molecule has 98 valence electrons. The number of ether oxygens (including phenoxy) is 2. The molecule has 5 heteroatoms. The van der Waals surface area contributed by atoms with Gasteiger partial charge in [0.2, 0.25) is 0 Å². The fraction of sp³-hybridized carbons (Fsp3) is 0.462. The van der Waals surface area contributed by atoms with Crippen LogP contribution in [0.3, 0.4) is 0 Å². The Hall–Kier alpha value is -1.75. The van der Waals surface area contributed by atoms with Crippen molar-refractivity contribution in [2.24, 2.45) is 0 Å². The summed E-state index contributed by atoms with van der Waals surface area (Å²) in [6.45, 7) is 2.57. The minimum absolute atomic E-state index is 0.00157. The van der Waals surface area contributed by atoms with Crippen molar-refractivity contribution in [1.29, 1.82) is 0 Å². The van der Waals surface area contributed by atoms with Gasteiger partial charge in [0.05, 0.1) is 24.8 Å². The van der Waals surface area contributed by atoms with E-state index in [0.717, 1.165) is 6.42 Å². The fourth-order valence-corrected chi connectivity index (χ4v) is 2.04. The largest absolute Gasteiger partial charge is 0.504 e. The number of methoxy groups -OCH3 is 1. The van der Waals surface area contributed by atoms with Crippen molar-refractivity contribution in [3.63, 3.8) is 0 Å². The smallest absolute Gasteiger partial charge is 0.255 e. The van der Waals surface area contributed by atoms with Gasteiger partial charge in [0.25, 0.3) is 5.91 Å². The maximum atomic E-state index is 12.1. The summed E-state index contributed by atoms with van der Waals surface area (Å²) in [7, 11) is 1.45. The first kappa shape index (κ1) is 12.7. The lowest BCUT2D eigenvalue weighted by Gasteiger charge is -2.16. The molecule has 1 amide bonds. The summed E-state index contributed by atoms with van der Waals surface area (Å²) in [5.74, 6) is -0.156. The van der Waals surface area contributed by atoms with Crippen LogP contribution in [0.15, 0.2) is 18.2 Å². The lowest BCUT2D eigenvalue weighted by Crippen LogP contribution is -2.39. The molecule has 0 saturated carbocycles. The monoisotopic (exact) mass is 251 g/mol. The summed E-state index contributed by atoms with van der Waals surface area (Å²) in [6, 6.07) is 4.83. The molecular weight excluding hydrogens is 234 g/mol. The summed E-state index contributed by atoms with van der Waals surface area (Å²) in [5, 5.41) is 12.7. The minimum Gasteiger partial charge on any atom is -0.504 e. The third kappa shape index (κ3) is 2.41. The number of phenols is 1. The van der Waals surface area contributed by atoms with E-state index in [1.165, 1.54) is 7.11 Å². The number of nitrogens with one attached hydrogen (secondary N) is 1. The highest BCUT2D eigenvalue weighted by Crippen LogP contribution is 2.29. The average molecular weight is 251 g/mol. The van der Waals surface area contributed by atoms with Crippen molar-refractivity contribution in [1.82, 2.24) is 5.32 Å². The van der Waals surface area contributed by atoms with Gasteiger partial charge in [-0.3, -0.25) is 4.79 Å². The first-order chi connectivity index (χ1) is 8.63. The highest BCUT2D eigenvalue weighted by atomic mass is 16.5. The molecule has 2 N–H and O–H groups in total. The van der Waals surface area contributed by atoms with E-state index in [0.29, 0.717) is 12.4 Å². The predicted molar refractivity (Wildman–Crippen MR) is 65.9 cm³/mol. The van der Waals surface area contributed by atoms with E-state index < -0.39 is 0 Å². The summed E-state index contributed by atoms with van der Waals surface area (Å²) < 4.78 is 10.3. The minimum atomic E-state index is -0.311. The molecule has 0 radical (unpaired) electrons. The molecule has 1 aromatic carbocycles. The quantitative estimate of drug-likeness (QED) is 0.850. The number of carbonyl (C=O) groups excluding carboxylic acids is 1. The Morgan fingerprint density at radius 3 is 2.94 bits per heavy atom. The summed E-state index contributed by atoms with van der Waals surface area (Å²) in [6.07, 6.45) is 0.791. The molecule has 1 aliphatic rings. The zero-order valence-corrected chi connectivity index (χ0v) is 10.5. The van der Waals surface area contributed by atoms with Crippen molar-refractivity contribution in [2.45, 2.75) is 25.5 Å². The number of benzene rings is 1. The molecule has 18 heavy (non-hydrogen) atoms. The van der Waals surface area contributed by atoms with Gasteiger partial charge in [-0.05, 0) is 25.5 Å². The molecule has 1 saturated heterocycles. The third-order valence-corrected chi connectivity index (χ3v) is 3.16. The van der Waals surface area contributed by atoms with Gasteiger partial charge in [0, 0.05) is 6.61 Å². The molecule has 1 aliphatic heterocycles. The van der Waals surface area contributed by atoms with Crippen LogP contribution in [0.2, 0.25) is 0 Å². The average Bonchev–Trinajstić information content (AvgIpc) is 2.75. The van der Waals surface area contributed by atoms with Crippen molar-refractivity contribution >= 4 is 5.91 Å². The zero-order chi connectivity index (χ0) is 13.1. The van der Waals surface area contributed by atoms with Gasteiger partial charge in [-0.15, -0.1) is 0 Å². The second kappa shape index (κ2) is 5.27. The van der Waals surface area contributed by atoms with Gasteiger partial charge in [-0.25, -0.2) is 0 Å². The van der Waals surface area contributed by atoms with Crippen LogP contribution in [0.25, 0.3) is 0 Å². The normalized spacial score (nSPS) is 22.8. The molecule has 0 bridgehead atoms. The van der Waals surface area contributed by atoms with E-state index in [1.807, 2.05) is 6.92 Å². The molecule has 5 nitrogen and oxygen atoms in total. The van der Waals surface area contributed by atoms with Crippen LogP contribution in [0.5, 0.6) is 11.5 Å². The third-order valence-electron chi connectivity index (χ3n) is 3.16. The Labute approximate surface area is 106 Å². The Kier molecular flexibility index (Phi) is 3.72. The number of hydrogen-bond donors (Lipinski definition) is 2. The van der Waals surface area contributed by atoms with Crippen LogP contribution in [0.4, 0.5) is 0 Å². The van der Waals surface area contributed by atoms with Gasteiger partial charge < -0.3 is 19.9 Å². The van der Waals surface area contributed by atoms with Crippen molar-refractivity contribution in [2.75, 3.05) is 13.7 Å². The molecule has 1 aromatic rings. The van der Waals surface area contributed by atoms with Gasteiger partial charge in [0.1, 0.15) is 0 Å². The number of rotatable bonds is 3. The molecular formula is C13H17NO4. The standard InChI is InChI=1S/C13H17NO4/c1-8-10(6-7-18-8)14-13(16)9-4-3-5-11(17-2)12(9)15/h3-5,8,10,15H,6-7H2,1-2H3,(H,14,16). The molecule has 0 spiro atoms. The Balaban J connectivity index is 2.13. The fourth-order valence-electron chi connectivity index (χ4n) is 2.04. The molecule has 1 heterocycles. The highest BCUT2D eigenvalue weighted by molar-refractivity contribution is 5.97. The first-order valence-corrected chi connectivity index (χ1v) is 5.92. The van der Waals surface area contributed by atoms with Gasteiger partial charge in [-0.1, -0.05) is 6.07 Å². The van der Waals surface area contributed by atoms with Gasteiger partial charge >= 0.3 is 0 Å². The van der Waals surface area contributed by atoms with Crippen molar-refractivity contribution in [3.8, 4) is 11.5 Å². The number of carbonyl (C=O) groups is 1. The predicted octanol–water partition coefficient (Wildman–Crippen LogP) is 1.31. The Bertz CT molecular complexity index is 447. The summed E-state index contributed by atoms with van der Waals surface area (Å²) in [5.41, 5.74) is 0.216. The molecule has 2 atom stereocenters. The lowest BCUT2D eigenvalue weighted by atomic mass is 10.1. The number of aromatic hydroxyl groups is 1. The van der Waals surface area contributed by atoms with E-state index in [4.69, 9.17) is 9.47 Å². The second-order valence-electron chi connectivity index (χ2n) is 4.30. The Morgan fingerprint density at radius 1 is 1.56 bits per heavy atom. The van der Waals surface area contributed by atoms with Crippen LogP contribution >= 0.6 is 0 Å². The van der Waals surface area contributed by atoms with E-state index >= 15 is 0 Å². The number of amides is 1. The number of hydrogen-bond acceptors (Lipinski definition) is 4. The van der Waals surface area contributed by atoms with Gasteiger partial charge in [0.15, 0.2) is 11.5 Å². The summed E-state index contributed by atoms with van der Waals surface area (Å²) >= 11 is 0. The maximum Gasteiger partial charge on any atom is 0.255 e. The molecule has 0 aliphatic carbocycles. The van der Waals surface area contributed by atoms with E-state index in [-0.39, 0.29) is 29.4 Å².